The van der Waals surface area contributed by atoms with Crippen LogP contribution >= 0.6 is 8.60 Å². The van der Waals surface area contributed by atoms with Gasteiger partial charge in [0, 0.05) is 6.42 Å². The Kier molecular flexibility index (Phi) is 21.6. The van der Waals surface area contributed by atoms with Crippen molar-refractivity contribution in [3.63, 3.8) is 0 Å². The van der Waals surface area contributed by atoms with Gasteiger partial charge in [0.1, 0.15) is 25.5 Å². The van der Waals surface area contributed by atoms with Gasteiger partial charge in [-0.1, -0.05) is 90.2 Å². The highest BCUT2D eigenvalue weighted by Gasteiger charge is 2.19. The zero-order chi connectivity index (χ0) is 27.8. The predicted molar refractivity (Wildman–Crippen MR) is 156 cm³/mol. The molecule has 0 aliphatic heterocycles. The third-order valence-electron chi connectivity index (χ3n) is 6.33. The first-order valence-corrected chi connectivity index (χ1v) is 16.0. The Balaban J connectivity index is 2.36. The van der Waals surface area contributed by atoms with Crippen LogP contribution in [0.4, 0.5) is 0 Å². The molecule has 2 unspecified atom stereocenters. The van der Waals surface area contributed by atoms with E-state index in [2.05, 4.69) is 19.1 Å². The molecule has 0 aliphatic rings. The Hall–Kier alpha value is -1.24. The highest BCUT2D eigenvalue weighted by Crippen LogP contribution is 2.32. The smallest absolute Gasteiger partial charge is 0.330 e. The van der Waals surface area contributed by atoms with E-state index in [1.165, 1.54) is 81.1 Å². The van der Waals surface area contributed by atoms with E-state index in [1.807, 2.05) is 33.2 Å². The molecule has 0 spiro atoms. The van der Waals surface area contributed by atoms with Crippen LogP contribution in [0.3, 0.4) is 0 Å². The van der Waals surface area contributed by atoms with Crippen LogP contribution in [0.5, 0.6) is 5.75 Å². The second-order valence-corrected chi connectivity index (χ2v) is 11.4. The van der Waals surface area contributed by atoms with Gasteiger partial charge in [-0.2, -0.15) is 0 Å². The molecule has 2 atom stereocenters. The number of ether oxygens (including phenoxy) is 2. The normalized spacial score (nSPS) is 13.0. The number of benzene rings is 1. The van der Waals surface area contributed by atoms with Gasteiger partial charge in [-0.25, -0.2) is 0 Å². The molecule has 0 saturated carbocycles. The number of carbonyl (C=O) groups is 1. The van der Waals surface area contributed by atoms with Crippen LogP contribution in [0.25, 0.3) is 0 Å². The van der Waals surface area contributed by atoms with Crippen LogP contribution in [-0.4, -0.2) is 57.4 Å². The second kappa shape index (κ2) is 23.6. The maximum Gasteiger partial charge on any atom is 0.330 e. The van der Waals surface area contributed by atoms with Crippen LogP contribution in [0.15, 0.2) is 24.3 Å². The molecule has 0 radical (unpaired) electrons. The minimum absolute atomic E-state index is 0.0188. The second-order valence-electron chi connectivity index (χ2n) is 10.4. The predicted octanol–water partition coefficient (Wildman–Crippen LogP) is 6.03. The number of nitrogens with one attached hydrogen (secondary N) is 1. The molecule has 0 aliphatic carbocycles. The number of unbranched alkanes of at least 4 members (excludes halogenated alkanes) is 10. The van der Waals surface area contributed by atoms with E-state index in [1.54, 1.807) is 0 Å². The lowest BCUT2D eigenvalue weighted by Crippen LogP contribution is -3.06. The van der Waals surface area contributed by atoms with Gasteiger partial charge in [0.15, 0.2) is 6.10 Å². The zero-order valence-electron chi connectivity index (χ0n) is 24.6. The summed E-state index contributed by atoms with van der Waals surface area (Å²) >= 11 is 0. The van der Waals surface area contributed by atoms with Crippen LogP contribution in [0, 0.1) is 0 Å². The largest absolute Gasteiger partial charge is 0.490 e. The van der Waals surface area contributed by atoms with Gasteiger partial charge in [0.05, 0.1) is 20.7 Å². The van der Waals surface area contributed by atoms with Crippen LogP contribution in [0.2, 0.25) is 0 Å². The molecule has 220 valence electrons. The van der Waals surface area contributed by atoms with E-state index in [0.29, 0.717) is 19.4 Å². The highest BCUT2D eigenvalue weighted by molar-refractivity contribution is 7.40. The minimum Gasteiger partial charge on any atom is -0.490 e. The molecular weight excluding hydrogens is 501 g/mol. The summed E-state index contributed by atoms with van der Waals surface area (Å²) in [6, 6.07) is 8.12. The summed E-state index contributed by atoms with van der Waals surface area (Å²) in [7, 11) is 2.00. The third-order valence-corrected chi connectivity index (χ3v) is 7.10. The maximum atomic E-state index is 12.1. The molecule has 1 aromatic rings. The summed E-state index contributed by atoms with van der Waals surface area (Å²) in [5, 5.41) is 0. The average Bonchev–Trinajstić information content (AvgIpc) is 2.89. The first-order valence-electron chi connectivity index (χ1n) is 14.9. The maximum absolute atomic E-state index is 12.1. The van der Waals surface area contributed by atoms with Crippen molar-refractivity contribution in [3.05, 3.63) is 29.8 Å². The Morgan fingerprint density at radius 2 is 1.55 bits per heavy atom. The van der Waals surface area contributed by atoms with Crippen molar-refractivity contribution >= 4 is 14.6 Å². The summed E-state index contributed by atoms with van der Waals surface area (Å²) < 4.78 is 22.2. The molecule has 2 N–H and O–H groups in total. The standard InChI is InChI=1S/C30H54NO6P/c1-5-7-8-9-10-11-12-13-14-15-16-19-27-20-17-21-28(24-27)34-25-29(37-30(32)18-6-2)26-36-38(33)35-23-22-31(3)4/h17,20-21,24,29,33H,5-16,18-19,22-23,25-26H2,1-4H3/p+1. The summed E-state index contributed by atoms with van der Waals surface area (Å²) in [6.07, 6.45) is 16.2. The number of hydrogen-bond donors (Lipinski definition) is 2. The number of esters is 1. The molecule has 0 heterocycles. The number of quaternary nitrogens is 1. The molecule has 0 saturated heterocycles. The van der Waals surface area contributed by atoms with E-state index < -0.39 is 14.7 Å². The SMILES string of the molecule is CCCCCCCCCCCCCc1cccc(OCC(COP(O)OCC[NH+](C)C)OC(=O)CCC)c1. The molecule has 0 bridgehead atoms. The molecule has 1 aromatic carbocycles. The van der Waals surface area contributed by atoms with Crippen molar-refractivity contribution in [2.45, 2.75) is 110 Å². The third kappa shape index (κ3) is 19.8. The van der Waals surface area contributed by atoms with Gasteiger partial charge in [0.2, 0.25) is 0 Å². The zero-order valence-corrected chi connectivity index (χ0v) is 25.4. The number of rotatable bonds is 25. The van der Waals surface area contributed by atoms with Crippen molar-refractivity contribution < 1.29 is 33.1 Å². The van der Waals surface area contributed by atoms with Crippen molar-refractivity contribution in [2.75, 3.05) is 40.5 Å². The monoisotopic (exact) mass is 556 g/mol. The van der Waals surface area contributed by atoms with E-state index in [9.17, 15) is 9.69 Å². The molecule has 38 heavy (non-hydrogen) atoms. The van der Waals surface area contributed by atoms with Crippen molar-refractivity contribution in [2.24, 2.45) is 0 Å². The van der Waals surface area contributed by atoms with Crippen molar-refractivity contribution in [3.8, 4) is 5.75 Å². The summed E-state index contributed by atoms with van der Waals surface area (Å²) in [5.41, 5.74) is 1.25. The molecule has 1 rings (SSSR count). The van der Waals surface area contributed by atoms with Crippen molar-refractivity contribution in [1.82, 2.24) is 0 Å². The Morgan fingerprint density at radius 3 is 2.18 bits per heavy atom. The summed E-state index contributed by atoms with van der Waals surface area (Å²) in [4.78, 5) is 23.3. The first-order chi connectivity index (χ1) is 18.4. The van der Waals surface area contributed by atoms with E-state index >= 15 is 0 Å². The summed E-state index contributed by atoms with van der Waals surface area (Å²) in [5.74, 6) is 0.452. The van der Waals surface area contributed by atoms with Gasteiger partial charge in [-0.3, -0.25) is 4.79 Å². The average molecular weight is 557 g/mol. The lowest BCUT2D eigenvalue weighted by molar-refractivity contribution is -0.858. The number of aryl methyl sites for hydroxylation is 1. The number of carbonyl (C=O) groups excluding carboxylic acids is 1. The van der Waals surface area contributed by atoms with Gasteiger partial charge in [0.25, 0.3) is 0 Å². The van der Waals surface area contributed by atoms with Gasteiger partial charge >= 0.3 is 14.6 Å². The Labute approximate surface area is 233 Å². The lowest BCUT2D eigenvalue weighted by atomic mass is 10.0. The molecule has 0 fully saturated rings. The number of likely N-dealkylation sites (N-methyl/N-ethyl adjacent to an activating group) is 1. The topological polar surface area (TPSA) is 78.7 Å². The van der Waals surface area contributed by atoms with E-state index in [0.717, 1.165) is 18.7 Å². The molecule has 8 heteroatoms. The molecule has 0 aromatic heterocycles. The fourth-order valence-electron chi connectivity index (χ4n) is 4.05. The number of hydrogen-bond acceptors (Lipinski definition) is 6. The van der Waals surface area contributed by atoms with Gasteiger partial charge < -0.3 is 28.3 Å². The van der Waals surface area contributed by atoms with Crippen LogP contribution in [0.1, 0.15) is 103 Å². The van der Waals surface area contributed by atoms with Crippen LogP contribution in [-0.2, 0) is 25.0 Å². The molecule has 0 amide bonds. The van der Waals surface area contributed by atoms with Crippen molar-refractivity contribution in [1.29, 1.82) is 0 Å². The van der Waals surface area contributed by atoms with E-state index in [-0.39, 0.29) is 19.2 Å². The lowest BCUT2D eigenvalue weighted by Gasteiger charge is -2.20. The fraction of sp³-hybridized carbons (Fsp3) is 0.767. The fourth-order valence-corrected chi connectivity index (χ4v) is 4.67. The van der Waals surface area contributed by atoms with Gasteiger partial charge in [-0.05, 0) is 37.0 Å². The van der Waals surface area contributed by atoms with E-state index in [4.69, 9.17) is 18.5 Å². The minimum atomic E-state index is -2.02. The first kappa shape index (κ1) is 34.8. The summed E-state index contributed by atoms with van der Waals surface area (Å²) in [6.45, 7) is 5.53. The Morgan fingerprint density at radius 1 is 0.895 bits per heavy atom. The van der Waals surface area contributed by atoms with Crippen LogP contribution < -0.4 is 9.64 Å². The highest BCUT2D eigenvalue weighted by atomic mass is 31.2. The van der Waals surface area contributed by atoms with Gasteiger partial charge in [-0.15, -0.1) is 0 Å². The Bertz CT molecular complexity index is 705. The molecule has 7 nitrogen and oxygen atoms in total. The quantitative estimate of drug-likeness (QED) is 0.0870. The molecular formula is C30H55NO6P+.